The summed E-state index contributed by atoms with van der Waals surface area (Å²) in [6.07, 6.45) is 3.30. The Kier molecular flexibility index (Phi) is 1.73. The Bertz CT molecular complexity index is 448. The highest BCUT2D eigenvalue weighted by molar-refractivity contribution is 5.85. The van der Waals surface area contributed by atoms with Crippen molar-refractivity contribution in [1.82, 2.24) is 9.97 Å². The fraction of sp³-hybridized carbons (Fsp3) is 0.111. The lowest BCUT2D eigenvalue weighted by Gasteiger charge is -1.96. The van der Waals surface area contributed by atoms with Crippen molar-refractivity contribution in [2.24, 2.45) is 0 Å². The Balaban J connectivity index is 2.51. The first kappa shape index (κ1) is 7.79. The number of nitrogens with zero attached hydrogens (tertiary/aromatic N) is 1. The molecule has 0 fully saturated rings. The van der Waals surface area contributed by atoms with Crippen molar-refractivity contribution in [2.45, 2.75) is 6.92 Å². The smallest absolute Gasteiger partial charge is 0.308 e. The number of aromatic amines is 1. The van der Waals surface area contributed by atoms with Crippen molar-refractivity contribution in [1.29, 1.82) is 0 Å². The molecule has 0 aromatic carbocycles. The van der Waals surface area contributed by atoms with Crippen LogP contribution in [0.1, 0.15) is 6.92 Å². The van der Waals surface area contributed by atoms with E-state index in [9.17, 15) is 4.79 Å². The number of carbonyl (C=O) groups is 1. The Hall–Kier alpha value is -1.84. The zero-order chi connectivity index (χ0) is 9.26. The van der Waals surface area contributed by atoms with Gasteiger partial charge in [-0.3, -0.25) is 4.79 Å². The molecule has 4 heteroatoms. The molecule has 13 heavy (non-hydrogen) atoms. The van der Waals surface area contributed by atoms with Crippen molar-refractivity contribution in [3.05, 3.63) is 24.5 Å². The minimum atomic E-state index is -0.329. The average molecular weight is 176 g/mol. The van der Waals surface area contributed by atoms with Gasteiger partial charge in [-0.25, -0.2) is 4.98 Å². The molecule has 4 nitrogen and oxygen atoms in total. The van der Waals surface area contributed by atoms with Crippen LogP contribution in [0.4, 0.5) is 0 Å². The molecule has 0 aliphatic carbocycles. The van der Waals surface area contributed by atoms with Crippen LogP contribution in [0.15, 0.2) is 24.5 Å². The molecule has 0 saturated carbocycles. The van der Waals surface area contributed by atoms with Crippen LogP contribution in [-0.4, -0.2) is 15.9 Å². The quantitative estimate of drug-likeness (QED) is 0.669. The Morgan fingerprint density at radius 1 is 1.62 bits per heavy atom. The molecule has 2 aromatic heterocycles. The first-order chi connectivity index (χ1) is 6.27. The summed E-state index contributed by atoms with van der Waals surface area (Å²) < 4.78 is 4.96. The second kappa shape index (κ2) is 2.90. The SMILES string of the molecule is CC(=O)Oc1c[nH]c2ncccc12. The van der Waals surface area contributed by atoms with E-state index < -0.39 is 0 Å². The normalized spacial score (nSPS) is 10.2. The number of nitrogens with one attached hydrogen (secondary N) is 1. The summed E-state index contributed by atoms with van der Waals surface area (Å²) in [6.45, 7) is 1.37. The highest BCUT2D eigenvalue weighted by atomic mass is 16.5. The summed E-state index contributed by atoms with van der Waals surface area (Å²) >= 11 is 0. The number of esters is 1. The van der Waals surface area contributed by atoms with Crippen LogP contribution in [0, 0.1) is 0 Å². The summed E-state index contributed by atoms with van der Waals surface area (Å²) in [6, 6.07) is 3.64. The van der Waals surface area contributed by atoms with Gasteiger partial charge in [0.2, 0.25) is 0 Å². The van der Waals surface area contributed by atoms with Crippen molar-refractivity contribution < 1.29 is 9.53 Å². The second-order valence-corrected chi connectivity index (χ2v) is 2.65. The van der Waals surface area contributed by atoms with Crippen LogP contribution in [0.25, 0.3) is 11.0 Å². The van der Waals surface area contributed by atoms with E-state index in [1.165, 1.54) is 6.92 Å². The van der Waals surface area contributed by atoms with Gasteiger partial charge in [0.25, 0.3) is 0 Å². The lowest BCUT2D eigenvalue weighted by molar-refractivity contribution is -0.131. The molecule has 0 spiro atoms. The van der Waals surface area contributed by atoms with Crippen molar-refractivity contribution in [2.75, 3.05) is 0 Å². The number of H-pyrrole nitrogens is 1. The van der Waals surface area contributed by atoms with Gasteiger partial charge in [-0.1, -0.05) is 0 Å². The van der Waals surface area contributed by atoms with E-state index in [-0.39, 0.29) is 5.97 Å². The maximum Gasteiger partial charge on any atom is 0.308 e. The Morgan fingerprint density at radius 2 is 2.46 bits per heavy atom. The predicted molar refractivity (Wildman–Crippen MR) is 47.4 cm³/mol. The van der Waals surface area contributed by atoms with Crippen molar-refractivity contribution in [3.8, 4) is 5.75 Å². The topological polar surface area (TPSA) is 55.0 Å². The van der Waals surface area contributed by atoms with Gasteiger partial charge in [0, 0.05) is 19.3 Å². The third kappa shape index (κ3) is 1.38. The van der Waals surface area contributed by atoms with E-state index in [1.54, 1.807) is 18.5 Å². The minimum Gasteiger partial charge on any atom is -0.424 e. The number of hydrogen-bond acceptors (Lipinski definition) is 3. The van der Waals surface area contributed by atoms with Gasteiger partial charge in [0.15, 0.2) is 5.75 Å². The minimum absolute atomic E-state index is 0.329. The maximum atomic E-state index is 10.7. The number of carbonyl (C=O) groups excluding carboxylic acids is 1. The molecule has 2 heterocycles. The number of fused-ring (bicyclic) bond motifs is 1. The molecule has 1 N–H and O–H groups in total. The van der Waals surface area contributed by atoms with Gasteiger partial charge in [-0.15, -0.1) is 0 Å². The molecule has 2 aromatic rings. The number of hydrogen-bond donors (Lipinski definition) is 1. The van der Waals surface area contributed by atoms with Crippen LogP contribution in [0.5, 0.6) is 5.75 Å². The zero-order valence-electron chi connectivity index (χ0n) is 7.07. The molecule has 0 aliphatic heterocycles. The molecule has 0 saturated heterocycles. The van der Waals surface area contributed by atoms with E-state index in [0.717, 1.165) is 11.0 Å². The first-order valence-corrected chi connectivity index (χ1v) is 3.88. The van der Waals surface area contributed by atoms with Crippen molar-refractivity contribution in [3.63, 3.8) is 0 Å². The number of ether oxygens (including phenoxy) is 1. The van der Waals surface area contributed by atoms with Gasteiger partial charge in [0.1, 0.15) is 5.65 Å². The summed E-state index contributed by atoms with van der Waals surface area (Å²) in [5, 5.41) is 0.817. The molecule has 0 bridgehead atoms. The zero-order valence-corrected chi connectivity index (χ0v) is 7.07. The first-order valence-electron chi connectivity index (χ1n) is 3.88. The fourth-order valence-corrected chi connectivity index (χ4v) is 1.17. The highest BCUT2D eigenvalue weighted by Crippen LogP contribution is 2.23. The number of rotatable bonds is 1. The van der Waals surface area contributed by atoms with Crippen LogP contribution in [-0.2, 0) is 4.79 Å². The second-order valence-electron chi connectivity index (χ2n) is 2.65. The summed E-state index contributed by atoms with van der Waals surface area (Å²) in [7, 11) is 0. The standard InChI is InChI=1S/C9H8N2O2/c1-6(12)13-8-5-11-9-7(8)3-2-4-10-9/h2-5H,1H3,(H,10,11). The van der Waals surface area contributed by atoms with Gasteiger partial charge in [0.05, 0.1) is 5.39 Å². The fourth-order valence-electron chi connectivity index (χ4n) is 1.17. The van der Waals surface area contributed by atoms with Gasteiger partial charge < -0.3 is 9.72 Å². The van der Waals surface area contributed by atoms with Gasteiger partial charge in [-0.2, -0.15) is 0 Å². The molecule has 2 rings (SSSR count). The molecule has 0 unspecified atom stereocenters. The molecular weight excluding hydrogens is 168 g/mol. The van der Waals surface area contributed by atoms with E-state index in [0.29, 0.717) is 5.75 Å². The average Bonchev–Trinajstić information content (AvgIpc) is 2.48. The summed E-state index contributed by atoms with van der Waals surface area (Å²) in [4.78, 5) is 17.7. The highest BCUT2D eigenvalue weighted by Gasteiger charge is 2.05. The van der Waals surface area contributed by atoms with Crippen LogP contribution in [0.3, 0.4) is 0 Å². The number of pyridine rings is 1. The van der Waals surface area contributed by atoms with Gasteiger partial charge >= 0.3 is 5.97 Å². The molecule has 0 amide bonds. The van der Waals surface area contributed by atoms with E-state index >= 15 is 0 Å². The van der Waals surface area contributed by atoms with Crippen LogP contribution in [0.2, 0.25) is 0 Å². The predicted octanol–water partition coefficient (Wildman–Crippen LogP) is 1.49. The number of aromatic nitrogens is 2. The largest absolute Gasteiger partial charge is 0.424 e. The Morgan fingerprint density at radius 3 is 3.23 bits per heavy atom. The summed E-state index contributed by atoms with van der Waals surface area (Å²) in [5.41, 5.74) is 0.721. The molecule has 0 aliphatic rings. The van der Waals surface area contributed by atoms with E-state index in [2.05, 4.69) is 9.97 Å². The van der Waals surface area contributed by atoms with Crippen LogP contribution >= 0.6 is 0 Å². The Labute approximate surface area is 74.5 Å². The lowest BCUT2D eigenvalue weighted by atomic mass is 10.3. The van der Waals surface area contributed by atoms with Gasteiger partial charge in [-0.05, 0) is 12.1 Å². The molecule has 0 atom stereocenters. The molecule has 0 radical (unpaired) electrons. The van der Waals surface area contributed by atoms with Crippen molar-refractivity contribution >= 4 is 17.0 Å². The van der Waals surface area contributed by atoms with E-state index in [4.69, 9.17) is 4.74 Å². The lowest BCUT2D eigenvalue weighted by Crippen LogP contribution is -2.00. The maximum absolute atomic E-state index is 10.7. The third-order valence-corrected chi connectivity index (χ3v) is 1.67. The monoisotopic (exact) mass is 176 g/mol. The molecule has 66 valence electrons. The van der Waals surface area contributed by atoms with E-state index in [1.807, 2.05) is 6.07 Å². The van der Waals surface area contributed by atoms with Crippen LogP contribution < -0.4 is 4.74 Å². The summed E-state index contributed by atoms with van der Waals surface area (Å²) in [5.74, 6) is 0.195. The third-order valence-electron chi connectivity index (χ3n) is 1.67. The molecular formula is C9H8N2O2.